The smallest absolute Gasteiger partial charge is 1.00 e. The van der Waals surface area contributed by atoms with Gasteiger partial charge in [-0.1, -0.05) is 303 Å². The third kappa shape index (κ3) is 16.7. The van der Waals surface area contributed by atoms with Crippen LogP contribution >= 0.6 is 0 Å². The van der Waals surface area contributed by atoms with E-state index in [1.807, 2.05) is 133 Å². The normalized spacial score (nSPS) is 11.2. The first-order valence-electron chi connectivity index (χ1n) is 44.4. The van der Waals surface area contributed by atoms with Crippen molar-refractivity contribution in [2.45, 2.75) is 0 Å². The van der Waals surface area contributed by atoms with Gasteiger partial charge < -0.3 is 39.4 Å². The molecule has 8 heterocycles. The number of alkyl halides is 1. The summed E-state index contributed by atoms with van der Waals surface area (Å²) in [5.74, 6) is 0.526. The number of aromatic amines is 1. The summed E-state index contributed by atoms with van der Waals surface area (Å²) in [4.78, 5) is 43.2. The molecule has 22 heteroatoms. The van der Waals surface area contributed by atoms with Gasteiger partial charge in [0.2, 0.25) is 0 Å². The molecule has 0 spiro atoms. The third-order valence-corrected chi connectivity index (χ3v) is 24.6. The predicted octanol–water partition coefficient (Wildman–Crippen LogP) is 22.3. The number of halogens is 5. The number of aromatic nitrogens is 12. The molecule has 8 aromatic heterocycles. The van der Waals surface area contributed by atoms with Crippen LogP contribution in [0, 0.1) is 17.5 Å². The van der Waals surface area contributed by atoms with Gasteiger partial charge in [0.1, 0.15) is 17.5 Å². The molecule has 18 aromatic carbocycles. The van der Waals surface area contributed by atoms with E-state index >= 15 is 4.39 Å². The summed E-state index contributed by atoms with van der Waals surface area (Å²) in [6, 6.07) is 142. The largest absolute Gasteiger partial charge is 1.00 e. The van der Waals surface area contributed by atoms with Crippen molar-refractivity contribution in [3.8, 4) is 96.8 Å². The van der Waals surface area contributed by atoms with E-state index in [1.54, 1.807) is 6.07 Å². The number of benzene rings is 18. The molecule has 0 bridgehead atoms. The molecule has 0 saturated carbocycles. The van der Waals surface area contributed by atoms with E-state index in [0.29, 0.717) is 23.3 Å². The monoisotopic (exact) mass is 2050 g/mol. The first-order chi connectivity index (χ1) is 67.1. The molecule has 0 amide bonds. The van der Waals surface area contributed by atoms with Gasteiger partial charge in [-0.2, -0.15) is 0 Å². The maximum atomic E-state index is 16.7. The summed E-state index contributed by atoms with van der Waals surface area (Å²) in [6.45, 7) is -0.181. The third-order valence-electron chi connectivity index (χ3n) is 24.6. The Hall–Kier alpha value is -14.0. The fourth-order valence-electron chi connectivity index (χ4n) is 19.2. The zero-order valence-corrected chi connectivity index (χ0v) is 86.8. The molecule has 0 atom stereocenters. The van der Waals surface area contributed by atoms with Gasteiger partial charge >= 0.3 is 138 Å². The fourth-order valence-corrected chi connectivity index (χ4v) is 19.2. The maximum Gasteiger partial charge on any atom is 1.00 e. The minimum atomic E-state index is -1.00. The number of H-pyrrole nitrogens is 1. The average molecular weight is 2050 g/mol. The number of fused-ring (bicyclic) bond motifs is 24. The van der Waals surface area contributed by atoms with E-state index in [2.05, 4.69) is 315 Å². The number of hydrogen-bond acceptors (Lipinski definition) is 9. The van der Waals surface area contributed by atoms with E-state index in [9.17, 15) is 13.2 Å². The summed E-state index contributed by atoms with van der Waals surface area (Å²) >= 11 is 0. The number of nitrogens with one attached hydrogen (secondary N) is 1. The van der Waals surface area contributed by atoms with Gasteiger partial charge in [-0.25, -0.2) is 43.1 Å². The van der Waals surface area contributed by atoms with Crippen molar-refractivity contribution in [1.29, 1.82) is 0 Å². The van der Waals surface area contributed by atoms with Crippen LogP contribution in [0.1, 0.15) is 2.80 Å². The second-order valence-electron chi connectivity index (χ2n) is 32.2. The van der Waals surface area contributed by atoms with Crippen LogP contribution in [0.15, 0.2) is 425 Å². The molecule has 26 rings (SSSR count). The Balaban J connectivity index is 0.000000145. The number of para-hydroxylation sites is 10. The number of carbonyl (C=O) groups excluding carboxylic acids is 1. The van der Waals surface area contributed by atoms with E-state index < -0.39 is 24.6 Å². The van der Waals surface area contributed by atoms with Crippen LogP contribution in [-0.2, 0) is 9.68 Å². The molecule has 0 aliphatic rings. The van der Waals surface area contributed by atoms with Gasteiger partial charge in [-0.05, 0) is 121 Å². The Morgan fingerprint density at radius 3 is 0.841 bits per heavy atom. The van der Waals surface area contributed by atoms with Crippen molar-refractivity contribution < 1.29 is 178 Å². The summed E-state index contributed by atoms with van der Waals surface area (Å²) in [5, 5.41) is 22.8. The van der Waals surface area contributed by atoms with Gasteiger partial charge in [-0.3, -0.25) is 13.9 Å². The van der Waals surface area contributed by atoms with Gasteiger partial charge in [0.05, 0.1) is 80.3 Å². The van der Waals surface area contributed by atoms with Crippen molar-refractivity contribution in [1.82, 2.24) is 57.7 Å². The van der Waals surface area contributed by atoms with Gasteiger partial charge in [0, 0.05) is 121 Å². The molecule has 0 aliphatic carbocycles. The molecule has 0 saturated heterocycles. The molecule has 0 radical (unpaired) electrons. The summed E-state index contributed by atoms with van der Waals surface area (Å²) in [7, 11) is -1.00. The molecular formula is C116H77Cs2F5N12O3. The zero-order valence-electron chi connectivity index (χ0n) is 76.3. The van der Waals surface area contributed by atoms with Gasteiger partial charge in [0.15, 0.2) is 34.9 Å². The predicted molar refractivity (Wildman–Crippen MR) is 537 cm³/mol. The van der Waals surface area contributed by atoms with E-state index in [4.69, 9.17) is 26.4 Å². The Morgan fingerprint density at radius 1 is 0.297 bits per heavy atom. The quantitative estimate of drug-likeness (QED) is 0.0542. The number of carbonyl (C=O) groups is 1. The Labute approximate surface area is 907 Å². The SMILES string of the molecule is F.Fc1ccc(-n2c3ccccc3c3c4c(c5ccccc5n4-c4ccccc4)c4c(c5ccccc5n4-c4ccccc4)c32)cc1-c1nc(-c2ccccc2)nc(-c2ccccc2)n1.Fc1ccc(F)c(-c2nc(-c3ccccc3)nc(-c3ccccc3)n2)c1.O=CO[O-].[2H]CF.[Cs+].[Cs+].[H-].c1ccc(-n2c3ccccc3c3c4[nH]c5ccccc5c4c4c(c5ccccc5n4-c4ccccc4)c32)cc1. The topological polar surface area (TPSA) is 167 Å². The minimum Gasteiger partial charge on any atom is -1.00 e. The first-order valence-corrected chi connectivity index (χ1v) is 43.7. The molecule has 656 valence electrons. The Morgan fingerprint density at radius 2 is 0.529 bits per heavy atom. The van der Waals surface area contributed by atoms with Crippen molar-refractivity contribution in [2.75, 3.05) is 7.15 Å². The van der Waals surface area contributed by atoms with Crippen LogP contribution < -0.4 is 143 Å². The van der Waals surface area contributed by atoms with Crippen molar-refractivity contribution in [3.05, 3.63) is 442 Å². The summed E-state index contributed by atoms with van der Waals surface area (Å²) < 4.78 is 72.2. The van der Waals surface area contributed by atoms with Crippen LogP contribution in [0.4, 0.5) is 22.3 Å². The number of hydrogen-bond donors (Lipinski definition) is 1. The van der Waals surface area contributed by atoms with E-state index in [0.717, 1.165) is 140 Å². The molecular weight excluding hydrogens is 1970 g/mol. The average Bonchev–Trinajstić information content (AvgIpc) is 1.51. The summed E-state index contributed by atoms with van der Waals surface area (Å²) in [5.41, 5.74) is 22.4. The Kier molecular flexibility index (Phi) is 27.1. The molecule has 138 heavy (non-hydrogen) atoms. The van der Waals surface area contributed by atoms with Crippen molar-refractivity contribution in [2.24, 2.45) is 0 Å². The molecule has 15 nitrogen and oxygen atoms in total. The number of nitrogens with zero attached hydrogens (tertiary/aromatic N) is 11. The second kappa shape index (κ2) is 40.7. The van der Waals surface area contributed by atoms with Crippen LogP contribution in [0.3, 0.4) is 0 Å². The van der Waals surface area contributed by atoms with Crippen LogP contribution in [0.25, 0.3) is 228 Å². The van der Waals surface area contributed by atoms with Crippen molar-refractivity contribution in [3.63, 3.8) is 0 Å². The summed E-state index contributed by atoms with van der Waals surface area (Å²) in [6.07, 6.45) is 0. The van der Waals surface area contributed by atoms with Crippen LogP contribution in [-0.4, -0.2) is 71.3 Å². The molecule has 0 unspecified atom stereocenters. The van der Waals surface area contributed by atoms with Gasteiger partial charge in [-0.15, -0.1) is 0 Å². The van der Waals surface area contributed by atoms with E-state index in [-0.39, 0.29) is 173 Å². The van der Waals surface area contributed by atoms with E-state index in [1.165, 1.54) is 59.9 Å². The van der Waals surface area contributed by atoms with Crippen LogP contribution in [0.2, 0.25) is 0 Å². The minimum absolute atomic E-state index is 0. The number of rotatable bonds is 12. The zero-order chi connectivity index (χ0) is 91.9. The molecule has 26 aromatic rings. The molecule has 0 fully saturated rings. The maximum absolute atomic E-state index is 16.7. The van der Waals surface area contributed by atoms with Crippen molar-refractivity contribution >= 4 is 137 Å². The molecule has 0 aliphatic heterocycles. The Bertz CT molecular complexity index is 8790. The first kappa shape index (κ1) is 91.7. The van der Waals surface area contributed by atoms with Gasteiger partial charge in [0.25, 0.3) is 6.47 Å². The standard InChI is InChI=1S/C57H35FN6.C36H23N3.C21H13F2N3.CH3F.CH2O3.2Cs.FH.H/c58-45-34-33-40(35-44(45)57-60-55(36-19-5-1-6-20-36)59-56(61-57)37-21-7-2-8-22-37)64-48-32-18-15-29-43(48)51-53-49(41-27-13-16-30-46(41)62(53)38-23-9-3-10-24-38)52-50(54(51)64)42-28-14-17-31-47(42)63(52)39-25-11-4-12-26-39;1-3-13-23(14-4-1)38-29-21-11-8-18-26(29)32-34-31(25-17-7-10-20-28(25)37-34)35-33(36(32)38)27-19-9-12-22-30(27)39(35)24-15-5-2-6-16-24;22-16-11-12-18(23)17(13-16)21-25-19(14-7-3-1-4-8-14)24-20(26-21)15-9-5-2-6-10-15;1-2;2-1-4-3;;;;/h1-35H;1-22,37H;1-13H;1H3;1,3H;;;1H;/q;;;;;2*+1;;-1/p-1/i;;;1D;;;;;. The fraction of sp³-hybridized carbons (Fsp3) is 0.00862. The van der Waals surface area contributed by atoms with Crippen LogP contribution in [0.5, 0.6) is 0 Å². The second-order valence-corrected chi connectivity index (χ2v) is 32.2. The molecule has 1 N–H and O–H groups in total.